The normalized spacial score (nSPS) is 14.4. The number of Topliss-reactive ketones (excluding diaryl/α,β-unsaturated/α-hetero) is 1. The molecule has 9 nitrogen and oxygen atoms in total. The average Bonchev–Trinajstić information content (AvgIpc) is 3.55. The molecule has 4 rings (SSSR count). The topological polar surface area (TPSA) is 110 Å². The van der Waals surface area contributed by atoms with Gasteiger partial charge in [-0.05, 0) is 66.3 Å². The SMILES string of the molecule is CC(=O)N(C)CCN(C)C(=O)c1cc(S(=O)(=O)CC(=O)Cc2c3c(cc4c2CCC4)CCC3)nn1C. The summed E-state index contributed by atoms with van der Waals surface area (Å²) in [6.45, 7) is 2.08. The second-order valence-electron chi connectivity index (χ2n) is 9.97. The Morgan fingerprint density at radius 3 is 2.11 bits per heavy atom. The molecule has 2 amide bonds. The Morgan fingerprint density at radius 2 is 1.53 bits per heavy atom. The molecule has 2 aliphatic carbocycles. The van der Waals surface area contributed by atoms with Crippen LogP contribution < -0.4 is 0 Å². The first kappa shape index (κ1) is 26.1. The molecule has 1 heterocycles. The minimum absolute atomic E-state index is 0.104. The Bertz CT molecular complexity index is 1300. The molecule has 2 aliphatic rings. The summed E-state index contributed by atoms with van der Waals surface area (Å²) in [7, 11) is 0.714. The molecule has 36 heavy (non-hydrogen) atoms. The number of ketones is 1. The lowest BCUT2D eigenvalue weighted by Gasteiger charge is -2.21. The van der Waals surface area contributed by atoms with Crippen molar-refractivity contribution in [2.24, 2.45) is 7.05 Å². The Labute approximate surface area is 212 Å². The van der Waals surface area contributed by atoms with Crippen molar-refractivity contribution in [3.05, 3.63) is 45.6 Å². The molecule has 0 saturated heterocycles. The second-order valence-corrected chi connectivity index (χ2v) is 11.9. The van der Waals surface area contributed by atoms with E-state index < -0.39 is 21.5 Å². The van der Waals surface area contributed by atoms with Gasteiger partial charge >= 0.3 is 0 Å². The Kier molecular flexibility index (Phi) is 7.36. The van der Waals surface area contributed by atoms with Gasteiger partial charge in [0.1, 0.15) is 11.4 Å². The molecule has 1 aromatic carbocycles. The van der Waals surface area contributed by atoms with Crippen LogP contribution >= 0.6 is 0 Å². The van der Waals surface area contributed by atoms with Gasteiger partial charge < -0.3 is 9.80 Å². The van der Waals surface area contributed by atoms with E-state index in [1.54, 1.807) is 14.1 Å². The van der Waals surface area contributed by atoms with Crippen LogP contribution in [-0.4, -0.2) is 78.5 Å². The summed E-state index contributed by atoms with van der Waals surface area (Å²) in [6.07, 6.45) is 6.19. The van der Waals surface area contributed by atoms with E-state index in [1.165, 1.54) is 56.8 Å². The minimum Gasteiger partial charge on any atom is -0.344 e. The summed E-state index contributed by atoms with van der Waals surface area (Å²) >= 11 is 0. The van der Waals surface area contributed by atoms with Crippen LogP contribution in [0.1, 0.15) is 58.1 Å². The summed E-state index contributed by atoms with van der Waals surface area (Å²) in [6, 6.07) is 3.52. The highest BCUT2D eigenvalue weighted by Gasteiger charge is 2.29. The zero-order chi connectivity index (χ0) is 26.2. The van der Waals surface area contributed by atoms with Crippen molar-refractivity contribution in [3.8, 4) is 0 Å². The van der Waals surface area contributed by atoms with Gasteiger partial charge in [0.05, 0.1) is 0 Å². The van der Waals surface area contributed by atoms with Crippen molar-refractivity contribution in [2.75, 3.05) is 32.9 Å². The monoisotopic (exact) mass is 514 g/mol. The maximum Gasteiger partial charge on any atom is 0.271 e. The summed E-state index contributed by atoms with van der Waals surface area (Å²) in [5.74, 6) is -1.52. The van der Waals surface area contributed by atoms with Gasteiger partial charge in [0.2, 0.25) is 15.7 Å². The van der Waals surface area contributed by atoms with Gasteiger partial charge in [0, 0.05) is 53.6 Å². The van der Waals surface area contributed by atoms with E-state index in [0.29, 0.717) is 6.54 Å². The van der Waals surface area contributed by atoms with Crippen molar-refractivity contribution in [3.63, 3.8) is 0 Å². The lowest BCUT2D eigenvalue weighted by molar-refractivity contribution is -0.127. The summed E-state index contributed by atoms with van der Waals surface area (Å²) in [5, 5.41) is 3.77. The first-order chi connectivity index (χ1) is 17.0. The molecule has 194 valence electrons. The summed E-state index contributed by atoms with van der Waals surface area (Å²) in [4.78, 5) is 40.2. The molecule has 0 saturated carbocycles. The van der Waals surface area contributed by atoms with E-state index >= 15 is 0 Å². The highest BCUT2D eigenvalue weighted by molar-refractivity contribution is 7.92. The number of nitrogens with zero attached hydrogens (tertiary/aromatic N) is 4. The van der Waals surface area contributed by atoms with Gasteiger partial charge in [-0.3, -0.25) is 19.1 Å². The third-order valence-electron chi connectivity index (χ3n) is 7.37. The van der Waals surface area contributed by atoms with E-state index in [2.05, 4.69) is 11.2 Å². The third kappa shape index (κ3) is 5.23. The van der Waals surface area contributed by atoms with Crippen molar-refractivity contribution in [1.29, 1.82) is 0 Å². The highest BCUT2D eigenvalue weighted by atomic mass is 32.2. The maximum absolute atomic E-state index is 13.1. The van der Waals surface area contributed by atoms with Crippen molar-refractivity contribution >= 4 is 27.4 Å². The second kappa shape index (κ2) is 10.2. The number of rotatable bonds is 9. The lowest BCUT2D eigenvalue weighted by Crippen LogP contribution is -2.37. The number of fused-ring (bicyclic) bond motifs is 2. The van der Waals surface area contributed by atoms with Crippen LogP contribution in [0, 0.1) is 0 Å². The Morgan fingerprint density at radius 1 is 0.944 bits per heavy atom. The number of amides is 2. The van der Waals surface area contributed by atoms with E-state index in [0.717, 1.165) is 44.1 Å². The first-order valence-corrected chi connectivity index (χ1v) is 14.0. The molecule has 1 aromatic heterocycles. The molecular weight excluding hydrogens is 480 g/mol. The number of carbonyl (C=O) groups excluding carboxylic acids is 3. The lowest BCUT2D eigenvalue weighted by atomic mass is 9.91. The first-order valence-electron chi connectivity index (χ1n) is 12.4. The largest absolute Gasteiger partial charge is 0.344 e. The van der Waals surface area contributed by atoms with Crippen molar-refractivity contribution in [2.45, 2.75) is 56.9 Å². The van der Waals surface area contributed by atoms with Crippen LogP contribution in [-0.2, 0) is 58.6 Å². The Hall–Kier alpha value is -3.01. The molecule has 0 bridgehead atoms. The zero-order valence-electron chi connectivity index (χ0n) is 21.5. The van der Waals surface area contributed by atoms with Crippen molar-refractivity contribution in [1.82, 2.24) is 19.6 Å². The van der Waals surface area contributed by atoms with E-state index in [9.17, 15) is 22.8 Å². The molecule has 0 spiro atoms. The molecule has 0 atom stereocenters. The van der Waals surface area contributed by atoms with Gasteiger partial charge in [-0.25, -0.2) is 8.42 Å². The zero-order valence-corrected chi connectivity index (χ0v) is 22.3. The van der Waals surface area contributed by atoms with Gasteiger partial charge in [0.25, 0.3) is 5.91 Å². The fourth-order valence-electron chi connectivity index (χ4n) is 5.23. The molecule has 0 unspecified atom stereocenters. The number of hydrogen-bond acceptors (Lipinski definition) is 6. The number of carbonyl (C=O) groups is 3. The summed E-state index contributed by atoms with van der Waals surface area (Å²) < 4.78 is 27.4. The van der Waals surface area contributed by atoms with E-state index in [-0.39, 0.29) is 35.4 Å². The standard InChI is InChI=1S/C26H34N4O5S/c1-17(31)28(2)11-12-29(3)26(33)24-15-25(27-30(24)4)36(34,35)16-20(32)14-23-21-9-5-7-18(21)13-19-8-6-10-22(19)23/h13,15H,5-12,14,16H2,1-4H3. The van der Waals surface area contributed by atoms with Gasteiger partial charge in [0.15, 0.2) is 10.8 Å². The van der Waals surface area contributed by atoms with Crippen LogP contribution in [0.5, 0.6) is 0 Å². The smallest absolute Gasteiger partial charge is 0.271 e. The average molecular weight is 515 g/mol. The van der Waals surface area contributed by atoms with Gasteiger partial charge in [-0.15, -0.1) is 0 Å². The van der Waals surface area contributed by atoms with Gasteiger partial charge in [-0.1, -0.05) is 6.07 Å². The number of hydrogen-bond donors (Lipinski definition) is 0. The van der Waals surface area contributed by atoms with Gasteiger partial charge in [-0.2, -0.15) is 5.10 Å². The predicted molar refractivity (Wildman–Crippen MR) is 135 cm³/mol. The minimum atomic E-state index is -4.01. The molecular formula is C26H34N4O5S. The third-order valence-corrected chi connectivity index (χ3v) is 8.91. The molecule has 0 aliphatic heterocycles. The highest BCUT2D eigenvalue weighted by Crippen LogP contribution is 2.35. The quantitative estimate of drug-likeness (QED) is 0.502. The number of aryl methyl sites for hydroxylation is 3. The molecule has 2 aromatic rings. The van der Waals surface area contributed by atoms with Crippen molar-refractivity contribution < 1.29 is 22.8 Å². The number of aromatic nitrogens is 2. The predicted octanol–water partition coefficient (Wildman–Crippen LogP) is 1.53. The van der Waals surface area contributed by atoms with Crippen LogP contribution in [0.4, 0.5) is 0 Å². The molecule has 10 heteroatoms. The summed E-state index contributed by atoms with van der Waals surface area (Å²) in [5.41, 5.74) is 6.26. The number of benzene rings is 1. The molecule has 0 N–H and O–H groups in total. The van der Waals surface area contributed by atoms with Crippen LogP contribution in [0.2, 0.25) is 0 Å². The van der Waals surface area contributed by atoms with E-state index in [4.69, 9.17) is 0 Å². The maximum atomic E-state index is 13.1. The fourth-order valence-corrected chi connectivity index (χ4v) is 6.44. The van der Waals surface area contributed by atoms with Crippen LogP contribution in [0.25, 0.3) is 0 Å². The van der Waals surface area contributed by atoms with Crippen LogP contribution in [0.3, 0.4) is 0 Å². The number of sulfone groups is 1. The molecule has 0 fully saturated rings. The fraction of sp³-hybridized carbons (Fsp3) is 0.538. The Balaban J connectivity index is 1.47. The number of likely N-dealkylation sites (N-methyl/N-ethyl adjacent to an activating group) is 2. The molecule has 0 radical (unpaired) electrons. The van der Waals surface area contributed by atoms with E-state index in [1.807, 2.05) is 0 Å². The van der Waals surface area contributed by atoms with Crippen LogP contribution in [0.15, 0.2) is 17.2 Å².